The second kappa shape index (κ2) is 48.8. The van der Waals surface area contributed by atoms with Gasteiger partial charge in [-0.05, 0) is 50.4 Å². The van der Waals surface area contributed by atoms with E-state index in [1.54, 1.807) is 0 Å². The average molecular weight is 785 g/mol. The number of ether oxygens (including phenoxy) is 2. The van der Waals surface area contributed by atoms with Crippen LogP contribution in [-0.2, 0) is 9.47 Å². The highest BCUT2D eigenvalue weighted by atomic mass is 16.6. The summed E-state index contributed by atoms with van der Waals surface area (Å²) in [5.74, 6) is 12.0. The Labute approximate surface area is 348 Å². The summed E-state index contributed by atoms with van der Waals surface area (Å²) in [4.78, 5) is 23.8. The smallest absolute Gasteiger partial charge is 0.407 e. The van der Waals surface area contributed by atoms with Crippen LogP contribution >= 0.6 is 0 Å². The zero-order chi connectivity index (χ0) is 40.5. The lowest BCUT2D eigenvalue weighted by Crippen LogP contribution is -2.25. The number of carbonyl (C=O) groups is 2. The monoisotopic (exact) mass is 785 g/mol. The summed E-state index contributed by atoms with van der Waals surface area (Å²) in [6, 6.07) is 0. The number of hydrogen-bond acceptors (Lipinski definition) is 4. The number of rotatable bonds is 42. The van der Waals surface area contributed by atoms with Gasteiger partial charge in [-0.15, -0.1) is 0 Å². The van der Waals surface area contributed by atoms with Gasteiger partial charge in [0.15, 0.2) is 0 Å². The molecule has 0 spiro atoms. The molecule has 0 saturated carbocycles. The molecule has 2 N–H and O–H groups in total. The molecule has 0 radical (unpaired) electrons. The maximum atomic E-state index is 11.9. The van der Waals surface area contributed by atoms with Gasteiger partial charge in [0.25, 0.3) is 0 Å². The van der Waals surface area contributed by atoms with Gasteiger partial charge in [-0.1, -0.05) is 218 Å². The predicted octanol–water partition coefficient (Wildman–Crippen LogP) is 15.3. The highest BCUT2D eigenvalue weighted by molar-refractivity contribution is 5.67. The van der Waals surface area contributed by atoms with Gasteiger partial charge >= 0.3 is 12.2 Å². The van der Waals surface area contributed by atoms with Crippen molar-refractivity contribution in [1.82, 2.24) is 10.6 Å². The second-order valence-electron chi connectivity index (χ2n) is 16.2. The summed E-state index contributed by atoms with van der Waals surface area (Å²) in [7, 11) is 0. The normalized spacial score (nSPS) is 10.7. The molecule has 2 amide bonds. The van der Waals surface area contributed by atoms with Crippen LogP contribution in [0.1, 0.15) is 258 Å². The number of hydrogen-bond donors (Lipinski definition) is 2. The molecule has 0 heterocycles. The zero-order valence-corrected chi connectivity index (χ0v) is 37.3. The predicted molar refractivity (Wildman–Crippen MR) is 241 cm³/mol. The molecule has 0 unspecified atom stereocenters. The van der Waals surface area contributed by atoms with Crippen LogP contribution in [0, 0.1) is 23.7 Å². The Morgan fingerprint density at radius 3 is 0.857 bits per heavy atom. The SMILES string of the molecule is CCCCCCCCCCCCCCCCCCNC(=O)OCCCCC#CC#CCCCCOC(=O)NCCCCCCCCCCCCCCCCCC. The van der Waals surface area contributed by atoms with Gasteiger partial charge in [0.05, 0.1) is 13.2 Å². The minimum Gasteiger partial charge on any atom is -0.450 e. The summed E-state index contributed by atoms with van der Waals surface area (Å²) in [5.41, 5.74) is 0. The van der Waals surface area contributed by atoms with E-state index in [-0.39, 0.29) is 12.2 Å². The van der Waals surface area contributed by atoms with Crippen molar-refractivity contribution >= 4 is 12.2 Å². The van der Waals surface area contributed by atoms with Crippen LogP contribution in [0.25, 0.3) is 0 Å². The lowest BCUT2D eigenvalue weighted by atomic mass is 10.0. The number of nitrogens with one attached hydrogen (secondary N) is 2. The largest absolute Gasteiger partial charge is 0.450 e. The summed E-state index contributed by atoms with van der Waals surface area (Å²) in [6.07, 6.45) is 47.5. The van der Waals surface area contributed by atoms with E-state index < -0.39 is 0 Å². The second-order valence-corrected chi connectivity index (χ2v) is 16.2. The maximum Gasteiger partial charge on any atom is 0.407 e. The molecule has 0 bridgehead atoms. The highest BCUT2D eigenvalue weighted by Crippen LogP contribution is 2.15. The first-order chi connectivity index (χ1) is 27.7. The maximum absolute atomic E-state index is 11.9. The lowest BCUT2D eigenvalue weighted by Gasteiger charge is -2.06. The standard InChI is InChI=1S/C50H92N2O4/c1-3-5-7-9-11-13-15-17-19-21-23-25-29-33-37-41-45-51-49(53)55-47-43-39-35-31-27-28-32-36-40-44-48-56-50(54)52-46-42-38-34-30-26-24-22-20-18-16-14-12-10-8-6-4-2/h3-26,29-30,33-48H2,1-2H3,(H,51,53)(H,52,54). The summed E-state index contributed by atoms with van der Waals surface area (Å²) >= 11 is 0. The number of carbonyl (C=O) groups excluding carboxylic acids is 2. The first kappa shape index (κ1) is 53.7. The molecule has 0 aliphatic rings. The van der Waals surface area contributed by atoms with Crippen LogP contribution in [0.4, 0.5) is 9.59 Å². The lowest BCUT2D eigenvalue weighted by molar-refractivity contribution is 0.143. The van der Waals surface area contributed by atoms with Crippen LogP contribution in [0.15, 0.2) is 0 Å². The van der Waals surface area contributed by atoms with Gasteiger partial charge in [0.1, 0.15) is 0 Å². The van der Waals surface area contributed by atoms with Crippen molar-refractivity contribution in [3.8, 4) is 23.7 Å². The Balaban J connectivity index is 3.35. The highest BCUT2D eigenvalue weighted by Gasteiger charge is 2.02. The van der Waals surface area contributed by atoms with Crippen LogP contribution in [-0.4, -0.2) is 38.5 Å². The van der Waals surface area contributed by atoms with Gasteiger partial charge in [0, 0.05) is 25.9 Å². The zero-order valence-electron chi connectivity index (χ0n) is 37.3. The van der Waals surface area contributed by atoms with Gasteiger partial charge in [-0.2, -0.15) is 0 Å². The molecule has 0 saturated heterocycles. The Bertz CT molecular complexity index is 870. The Morgan fingerprint density at radius 2 is 0.589 bits per heavy atom. The number of amides is 2. The molecule has 0 aliphatic heterocycles. The first-order valence-corrected chi connectivity index (χ1v) is 24.5. The summed E-state index contributed by atoms with van der Waals surface area (Å²) < 4.78 is 10.6. The molecule has 6 nitrogen and oxygen atoms in total. The van der Waals surface area contributed by atoms with Crippen LogP contribution < -0.4 is 10.6 Å². The third-order valence-corrected chi connectivity index (χ3v) is 10.7. The Morgan fingerprint density at radius 1 is 0.339 bits per heavy atom. The van der Waals surface area contributed by atoms with E-state index in [9.17, 15) is 9.59 Å². The van der Waals surface area contributed by atoms with Crippen molar-refractivity contribution in [2.75, 3.05) is 26.3 Å². The summed E-state index contributed by atoms with van der Waals surface area (Å²) in [5, 5.41) is 5.75. The molecule has 0 fully saturated rings. The third-order valence-electron chi connectivity index (χ3n) is 10.7. The number of unbranched alkanes of at least 4 members (excludes halogenated alkanes) is 34. The topological polar surface area (TPSA) is 76.7 Å². The van der Waals surface area contributed by atoms with E-state index >= 15 is 0 Å². The molecular formula is C50H92N2O4. The van der Waals surface area contributed by atoms with Crippen molar-refractivity contribution in [2.45, 2.75) is 258 Å². The fraction of sp³-hybridized carbons (Fsp3) is 0.880. The van der Waals surface area contributed by atoms with Crippen molar-refractivity contribution < 1.29 is 19.1 Å². The van der Waals surface area contributed by atoms with Gasteiger partial charge in [-0.25, -0.2) is 9.59 Å². The van der Waals surface area contributed by atoms with Crippen LogP contribution in [0.2, 0.25) is 0 Å². The van der Waals surface area contributed by atoms with Gasteiger partial charge in [-0.3, -0.25) is 0 Å². The third kappa shape index (κ3) is 47.8. The Hall–Kier alpha value is -2.34. The molecule has 0 rings (SSSR count). The molecule has 0 aromatic carbocycles. The average Bonchev–Trinajstić information content (AvgIpc) is 3.20. The summed E-state index contributed by atoms with van der Waals surface area (Å²) in [6.45, 7) is 6.82. The van der Waals surface area contributed by atoms with E-state index in [0.29, 0.717) is 26.3 Å². The van der Waals surface area contributed by atoms with E-state index in [2.05, 4.69) is 48.2 Å². The molecular weight excluding hydrogens is 693 g/mol. The molecule has 0 aromatic rings. The van der Waals surface area contributed by atoms with Crippen molar-refractivity contribution in [2.24, 2.45) is 0 Å². The quantitative estimate of drug-likeness (QED) is 0.0477. The fourth-order valence-electron chi connectivity index (χ4n) is 7.00. The minimum atomic E-state index is -0.306. The van der Waals surface area contributed by atoms with Crippen molar-refractivity contribution in [3.63, 3.8) is 0 Å². The number of alkyl carbamates (subject to hydrolysis) is 2. The van der Waals surface area contributed by atoms with Crippen molar-refractivity contribution in [1.29, 1.82) is 0 Å². The minimum absolute atomic E-state index is 0.306. The van der Waals surface area contributed by atoms with E-state index in [0.717, 1.165) is 51.4 Å². The van der Waals surface area contributed by atoms with E-state index in [1.807, 2.05) is 0 Å². The Kier molecular flexibility index (Phi) is 46.8. The fourth-order valence-corrected chi connectivity index (χ4v) is 7.00. The first-order valence-electron chi connectivity index (χ1n) is 24.5. The van der Waals surface area contributed by atoms with Crippen LogP contribution in [0.5, 0.6) is 0 Å². The molecule has 6 heteroatoms. The van der Waals surface area contributed by atoms with Crippen LogP contribution in [0.3, 0.4) is 0 Å². The molecule has 326 valence electrons. The van der Waals surface area contributed by atoms with E-state index in [1.165, 1.54) is 193 Å². The molecule has 0 aliphatic carbocycles. The van der Waals surface area contributed by atoms with Crippen molar-refractivity contribution in [3.05, 3.63) is 0 Å². The van der Waals surface area contributed by atoms with E-state index in [4.69, 9.17) is 9.47 Å². The van der Waals surface area contributed by atoms with Gasteiger partial charge < -0.3 is 20.1 Å². The molecule has 0 atom stereocenters. The molecule has 56 heavy (non-hydrogen) atoms. The van der Waals surface area contributed by atoms with Gasteiger partial charge in [0.2, 0.25) is 0 Å². The molecule has 0 aromatic heterocycles.